The number of Topliss-reactive ketones (excluding diaryl/α,β-unsaturated/α-hetero) is 1. The van der Waals surface area contributed by atoms with E-state index in [0.29, 0.717) is 21.4 Å². The number of halogens is 2. The van der Waals surface area contributed by atoms with Crippen molar-refractivity contribution in [1.29, 1.82) is 0 Å². The Balaban J connectivity index is 1.95. The number of rotatable bonds is 6. The van der Waals surface area contributed by atoms with Crippen LogP contribution in [0.4, 0.5) is 0 Å². The fourth-order valence-corrected chi connectivity index (χ4v) is 4.43. The van der Waals surface area contributed by atoms with Crippen molar-refractivity contribution < 1.29 is 4.79 Å². The highest BCUT2D eigenvalue weighted by molar-refractivity contribution is 8.03. The van der Waals surface area contributed by atoms with Gasteiger partial charge in [0.1, 0.15) is 0 Å². The van der Waals surface area contributed by atoms with E-state index in [1.54, 1.807) is 30.0 Å². The highest BCUT2D eigenvalue weighted by Crippen LogP contribution is 2.29. The Kier molecular flexibility index (Phi) is 6.17. The molecule has 0 aliphatic carbocycles. The van der Waals surface area contributed by atoms with Gasteiger partial charge in [-0.25, -0.2) is 0 Å². The van der Waals surface area contributed by atoms with Crippen molar-refractivity contribution in [3.8, 4) is 0 Å². The van der Waals surface area contributed by atoms with Crippen LogP contribution in [0.1, 0.15) is 17.3 Å². The summed E-state index contributed by atoms with van der Waals surface area (Å²) in [5.41, 5.74) is 0.555. The molecule has 20 heavy (non-hydrogen) atoms. The second-order valence-corrected chi connectivity index (χ2v) is 8.13. The van der Waals surface area contributed by atoms with E-state index < -0.39 is 0 Å². The van der Waals surface area contributed by atoms with E-state index in [1.165, 1.54) is 23.1 Å². The average Bonchev–Trinajstić information content (AvgIpc) is 2.87. The molecule has 0 bridgehead atoms. The highest BCUT2D eigenvalue weighted by atomic mass is 35.5. The molecule has 0 radical (unpaired) electrons. The van der Waals surface area contributed by atoms with Crippen LogP contribution in [0.2, 0.25) is 10.0 Å². The van der Waals surface area contributed by atoms with Gasteiger partial charge in [-0.3, -0.25) is 4.79 Å². The van der Waals surface area contributed by atoms with Crippen molar-refractivity contribution in [2.75, 3.05) is 11.5 Å². The van der Waals surface area contributed by atoms with Crippen LogP contribution in [0.25, 0.3) is 0 Å². The maximum absolute atomic E-state index is 12.0. The number of benzene rings is 1. The van der Waals surface area contributed by atoms with E-state index in [1.807, 2.05) is 0 Å². The van der Waals surface area contributed by atoms with Gasteiger partial charge in [0, 0.05) is 5.56 Å². The van der Waals surface area contributed by atoms with Gasteiger partial charge in [-0.1, -0.05) is 65.0 Å². The number of hydrogen-bond donors (Lipinski definition) is 0. The Morgan fingerprint density at radius 1 is 1.20 bits per heavy atom. The first kappa shape index (κ1) is 16.1. The molecule has 1 heterocycles. The molecule has 0 atom stereocenters. The lowest BCUT2D eigenvalue weighted by atomic mass is 10.1. The molecule has 8 heteroatoms. The van der Waals surface area contributed by atoms with Crippen molar-refractivity contribution in [3.63, 3.8) is 0 Å². The number of carbonyl (C=O) groups is 1. The topological polar surface area (TPSA) is 42.9 Å². The summed E-state index contributed by atoms with van der Waals surface area (Å²) in [6.07, 6.45) is 0. The SMILES string of the molecule is CCSc1nnc(SCC(=O)c2ccc(Cl)c(Cl)c2)s1. The third-order valence-corrected chi connectivity index (χ3v) is 6.04. The summed E-state index contributed by atoms with van der Waals surface area (Å²) in [6.45, 7) is 2.06. The Bertz CT molecular complexity index is 618. The predicted molar refractivity (Wildman–Crippen MR) is 87.8 cm³/mol. The van der Waals surface area contributed by atoms with Crippen molar-refractivity contribution in [3.05, 3.63) is 33.8 Å². The van der Waals surface area contributed by atoms with Crippen molar-refractivity contribution in [1.82, 2.24) is 10.2 Å². The van der Waals surface area contributed by atoms with Crippen molar-refractivity contribution in [2.24, 2.45) is 0 Å². The maximum Gasteiger partial charge on any atom is 0.175 e. The Labute approximate surface area is 139 Å². The van der Waals surface area contributed by atoms with E-state index in [9.17, 15) is 4.79 Å². The van der Waals surface area contributed by atoms with Gasteiger partial charge in [0.05, 0.1) is 15.8 Å². The molecule has 0 saturated heterocycles. The summed E-state index contributed by atoms with van der Waals surface area (Å²) in [4.78, 5) is 12.0. The first-order valence-electron chi connectivity index (χ1n) is 5.67. The molecular weight excluding hydrogens is 355 g/mol. The van der Waals surface area contributed by atoms with E-state index in [0.717, 1.165) is 14.4 Å². The summed E-state index contributed by atoms with van der Waals surface area (Å²) >= 11 is 16.3. The van der Waals surface area contributed by atoms with Crippen LogP contribution in [0.3, 0.4) is 0 Å². The van der Waals surface area contributed by atoms with Crippen LogP contribution in [-0.2, 0) is 0 Å². The smallest absolute Gasteiger partial charge is 0.175 e. The Morgan fingerprint density at radius 2 is 1.90 bits per heavy atom. The van der Waals surface area contributed by atoms with E-state index in [2.05, 4.69) is 17.1 Å². The fraction of sp³-hybridized carbons (Fsp3) is 0.250. The second-order valence-electron chi connectivity index (χ2n) is 3.61. The Morgan fingerprint density at radius 3 is 2.55 bits per heavy atom. The summed E-state index contributed by atoms with van der Waals surface area (Å²) in [7, 11) is 0. The molecule has 0 amide bonds. The lowest BCUT2D eigenvalue weighted by Crippen LogP contribution is -2.02. The molecule has 0 fully saturated rings. The summed E-state index contributed by atoms with van der Waals surface area (Å²) in [5, 5.41) is 8.92. The highest BCUT2D eigenvalue weighted by Gasteiger charge is 2.11. The minimum atomic E-state index is -0.00605. The van der Waals surface area contributed by atoms with Crippen molar-refractivity contribution >= 4 is 63.8 Å². The molecule has 0 N–H and O–H groups in total. The van der Waals surface area contributed by atoms with E-state index >= 15 is 0 Å². The molecule has 0 saturated carbocycles. The zero-order valence-corrected chi connectivity index (χ0v) is 14.4. The first-order chi connectivity index (χ1) is 9.60. The summed E-state index contributed by atoms with van der Waals surface area (Å²) < 4.78 is 1.73. The number of ketones is 1. The van der Waals surface area contributed by atoms with Crippen LogP contribution in [0, 0.1) is 0 Å². The van der Waals surface area contributed by atoms with Gasteiger partial charge in [-0.2, -0.15) is 0 Å². The van der Waals surface area contributed by atoms with Crippen molar-refractivity contribution in [2.45, 2.75) is 15.6 Å². The van der Waals surface area contributed by atoms with E-state index in [4.69, 9.17) is 23.2 Å². The third-order valence-electron chi connectivity index (χ3n) is 2.22. The molecule has 3 nitrogen and oxygen atoms in total. The zero-order chi connectivity index (χ0) is 14.5. The van der Waals surface area contributed by atoms with Crippen LogP contribution in [0.5, 0.6) is 0 Å². The molecule has 0 unspecified atom stereocenters. The standard InChI is InChI=1S/C12H10Cl2N2OS3/c1-2-18-11-15-16-12(20-11)19-6-10(17)7-3-4-8(13)9(14)5-7/h3-5H,2,6H2,1H3. The number of aromatic nitrogens is 2. The fourth-order valence-electron chi connectivity index (χ4n) is 1.32. The molecule has 1 aromatic heterocycles. The van der Waals surface area contributed by atoms with E-state index in [-0.39, 0.29) is 5.78 Å². The molecule has 2 rings (SSSR count). The van der Waals surface area contributed by atoms with Gasteiger partial charge >= 0.3 is 0 Å². The summed E-state index contributed by atoms with van der Waals surface area (Å²) in [6, 6.07) is 4.89. The maximum atomic E-state index is 12.0. The Hall–Kier alpha value is -0.270. The van der Waals surface area contributed by atoms with Gasteiger partial charge in [0.15, 0.2) is 14.5 Å². The van der Waals surface area contributed by atoms with Gasteiger partial charge in [-0.15, -0.1) is 10.2 Å². The minimum absolute atomic E-state index is 0.00605. The largest absolute Gasteiger partial charge is 0.293 e. The van der Waals surface area contributed by atoms with Gasteiger partial charge < -0.3 is 0 Å². The second kappa shape index (κ2) is 7.66. The molecule has 1 aromatic carbocycles. The lowest BCUT2D eigenvalue weighted by molar-refractivity contribution is 0.102. The molecular formula is C12H10Cl2N2OS3. The van der Waals surface area contributed by atoms with Crippen LogP contribution < -0.4 is 0 Å². The molecule has 0 aliphatic rings. The summed E-state index contributed by atoms with van der Waals surface area (Å²) in [5.74, 6) is 1.26. The number of nitrogens with zero attached hydrogens (tertiary/aromatic N) is 2. The zero-order valence-electron chi connectivity index (χ0n) is 10.4. The van der Waals surface area contributed by atoms with Crippen LogP contribution >= 0.6 is 58.1 Å². The lowest BCUT2D eigenvalue weighted by Gasteiger charge is -2.01. The number of thioether (sulfide) groups is 2. The van der Waals surface area contributed by atoms with Gasteiger partial charge in [0.25, 0.3) is 0 Å². The minimum Gasteiger partial charge on any atom is -0.293 e. The molecule has 106 valence electrons. The van der Waals surface area contributed by atoms with Gasteiger partial charge in [0.2, 0.25) is 0 Å². The monoisotopic (exact) mass is 364 g/mol. The normalized spacial score (nSPS) is 10.8. The number of carbonyl (C=O) groups excluding carboxylic acids is 1. The average molecular weight is 365 g/mol. The number of hydrogen-bond acceptors (Lipinski definition) is 6. The van der Waals surface area contributed by atoms with Gasteiger partial charge in [-0.05, 0) is 24.0 Å². The first-order valence-corrected chi connectivity index (χ1v) is 9.22. The predicted octanol–water partition coefficient (Wildman–Crippen LogP) is 4.93. The molecule has 0 aliphatic heterocycles. The van der Waals surface area contributed by atoms with Crippen LogP contribution in [-0.4, -0.2) is 27.5 Å². The molecule has 2 aromatic rings. The quantitative estimate of drug-likeness (QED) is 0.536. The molecule has 0 spiro atoms. The third kappa shape index (κ3) is 4.36. The van der Waals surface area contributed by atoms with Crippen LogP contribution in [0.15, 0.2) is 26.9 Å².